The van der Waals surface area contributed by atoms with Crippen LogP contribution in [0.15, 0.2) is 24.3 Å². The molecule has 206 valence electrons. The second-order valence-corrected chi connectivity index (χ2v) is 9.72. The van der Waals surface area contributed by atoms with Gasteiger partial charge in [-0.1, -0.05) is 39.8 Å². The third-order valence-corrected chi connectivity index (χ3v) is 5.63. The predicted molar refractivity (Wildman–Crippen MR) is 134 cm³/mol. The Kier molecular flexibility index (Phi) is 12.5. The van der Waals surface area contributed by atoms with E-state index in [1.807, 2.05) is 13.8 Å². The summed E-state index contributed by atoms with van der Waals surface area (Å²) in [5.74, 6) is -4.90. The molecule has 0 aliphatic carbocycles. The monoisotopic (exact) mass is 522 g/mol. The van der Waals surface area contributed by atoms with Gasteiger partial charge in [-0.2, -0.15) is 0 Å². The fraction of sp³-hybridized carbons (Fsp3) is 0.560. The summed E-state index contributed by atoms with van der Waals surface area (Å²) < 4.78 is 0. The van der Waals surface area contributed by atoms with E-state index >= 15 is 0 Å². The van der Waals surface area contributed by atoms with Crippen LogP contribution in [-0.4, -0.2) is 69.1 Å². The molecular formula is C25H38N4O8. The topological polar surface area (TPSA) is 208 Å². The zero-order chi connectivity index (χ0) is 28.3. The smallest absolute Gasteiger partial charge is 0.326 e. The molecule has 12 heteroatoms. The van der Waals surface area contributed by atoms with Crippen LogP contribution in [0.4, 0.5) is 0 Å². The van der Waals surface area contributed by atoms with E-state index in [4.69, 9.17) is 10.8 Å². The molecule has 0 aliphatic heterocycles. The maximum atomic E-state index is 13.1. The van der Waals surface area contributed by atoms with Crippen molar-refractivity contribution >= 4 is 29.7 Å². The van der Waals surface area contributed by atoms with Crippen molar-refractivity contribution in [2.45, 2.75) is 77.5 Å². The van der Waals surface area contributed by atoms with Crippen molar-refractivity contribution < 1.29 is 39.3 Å². The Bertz CT molecular complexity index is 949. The summed E-state index contributed by atoms with van der Waals surface area (Å²) >= 11 is 0. The Hall–Kier alpha value is -3.67. The average molecular weight is 523 g/mol. The minimum Gasteiger partial charge on any atom is -0.508 e. The summed E-state index contributed by atoms with van der Waals surface area (Å²) in [5.41, 5.74) is 6.40. The maximum Gasteiger partial charge on any atom is 0.326 e. The first-order valence-electron chi connectivity index (χ1n) is 12.1. The third kappa shape index (κ3) is 11.3. The van der Waals surface area contributed by atoms with Gasteiger partial charge in [-0.15, -0.1) is 0 Å². The summed E-state index contributed by atoms with van der Waals surface area (Å²) in [6, 6.07) is 1.22. The number of carboxylic acids is 2. The molecule has 0 spiro atoms. The summed E-state index contributed by atoms with van der Waals surface area (Å²) in [4.78, 5) is 61.4. The van der Waals surface area contributed by atoms with E-state index in [9.17, 15) is 34.2 Å². The zero-order valence-electron chi connectivity index (χ0n) is 21.6. The number of benzene rings is 1. The lowest BCUT2D eigenvalue weighted by Gasteiger charge is -2.26. The van der Waals surface area contributed by atoms with Crippen LogP contribution in [0.1, 0.15) is 52.5 Å². The van der Waals surface area contributed by atoms with Gasteiger partial charge in [0.15, 0.2) is 0 Å². The Morgan fingerprint density at radius 1 is 0.811 bits per heavy atom. The minimum atomic E-state index is -1.31. The van der Waals surface area contributed by atoms with Crippen molar-refractivity contribution in [3.8, 4) is 5.75 Å². The Labute approximate surface area is 216 Å². The Morgan fingerprint density at radius 2 is 1.32 bits per heavy atom. The van der Waals surface area contributed by atoms with Crippen LogP contribution in [0.3, 0.4) is 0 Å². The van der Waals surface area contributed by atoms with Gasteiger partial charge in [0.25, 0.3) is 0 Å². The molecule has 0 aromatic heterocycles. The van der Waals surface area contributed by atoms with E-state index in [2.05, 4.69) is 16.0 Å². The van der Waals surface area contributed by atoms with E-state index < -0.39 is 60.2 Å². The largest absolute Gasteiger partial charge is 0.508 e. The zero-order valence-corrected chi connectivity index (χ0v) is 21.6. The number of aliphatic carboxylic acids is 2. The number of carbonyl (C=O) groups excluding carboxylic acids is 3. The molecule has 12 nitrogen and oxygen atoms in total. The number of hydrogen-bond donors (Lipinski definition) is 7. The van der Waals surface area contributed by atoms with Crippen LogP contribution < -0.4 is 21.7 Å². The fourth-order valence-electron chi connectivity index (χ4n) is 3.42. The van der Waals surface area contributed by atoms with Crippen molar-refractivity contribution in [1.82, 2.24) is 16.0 Å². The molecule has 4 atom stereocenters. The summed E-state index contributed by atoms with van der Waals surface area (Å²) in [6.45, 7) is 7.05. The number of phenolic OH excluding ortho intramolecular Hbond substituents is 1. The second-order valence-electron chi connectivity index (χ2n) is 9.72. The van der Waals surface area contributed by atoms with Crippen LogP contribution in [-0.2, 0) is 30.4 Å². The molecule has 0 saturated heterocycles. The molecule has 1 aromatic carbocycles. The van der Waals surface area contributed by atoms with Crippen LogP contribution in [0.2, 0.25) is 0 Å². The quantitative estimate of drug-likeness (QED) is 0.169. The summed E-state index contributed by atoms with van der Waals surface area (Å²) in [6.07, 6.45) is -0.543. The predicted octanol–water partition coefficient (Wildman–Crippen LogP) is 0.368. The molecule has 0 aliphatic rings. The number of aromatic hydroxyl groups is 1. The molecule has 3 amide bonds. The molecule has 0 saturated carbocycles. The highest BCUT2D eigenvalue weighted by molar-refractivity contribution is 5.94. The highest BCUT2D eigenvalue weighted by Gasteiger charge is 2.31. The van der Waals surface area contributed by atoms with Gasteiger partial charge in [-0.25, -0.2) is 4.79 Å². The van der Waals surface area contributed by atoms with Gasteiger partial charge < -0.3 is 37.0 Å². The number of carboxylic acid groups (broad SMARTS) is 2. The van der Waals surface area contributed by atoms with Gasteiger partial charge in [0.05, 0.1) is 6.04 Å². The van der Waals surface area contributed by atoms with E-state index in [1.54, 1.807) is 13.8 Å². The Balaban J connectivity index is 3.05. The van der Waals surface area contributed by atoms with Gasteiger partial charge >= 0.3 is 11.9 Å². The third-order valence-electron chi connectivity index (χ3n) is 5.63. The number of nitrogens with one attached hydrogen (secondary N) is 3. The number of rotatable bonds is 15. The molecule has 37 heavy (non-hydrogen) atoms. The number of phenols is 1. The number of nitrogens with two attached hydrogens (primary N) is 1. The standard InChI is InChI=1S/C25H38N4O8/c1-13(2)11-18(23(34)29-19(25(36)37)12-15-5-7-16(30)8-6-15)28-22(33)17(9-10-20(31)32)27-24(35)21(26)14(3)4/h5-8,13-14,17-19,21,30H,9-12,26H2,1-4H3,(H,27,35)(H,28,33)(H,29,34)(H,31,32)(H,36,37). The lowest BCUT2D eigenvalue weighted by Crippen LogP contribution is -2.58. The normalized spacial score (nSPS) is 14.4. The fourth-order valence-corrected chi connectivity index (χ4v) is 3.42. The first kappa shape index (κ1) is 31.4. The molecule has 0 radical (unpaired) electrons. The van der Waals surface area contributed by atoms with Crippen molar-refractivity contribution in [3.05, 3.63) is 29.8 Å². The van der Waals surface area contributed by atoms with Crippen molar-refractivity contribution in [1.29, 1.82) is 0 Å². The van der Waals surface area contributed by atoms with Crippen LogP contribution in [0.5, 0.6) is 5.75 Å². The first-order valence-corrected chi connectivity index (χ1v) is 12.1. The summed E-state index contributed by atoms with van der Waals surface area (Å²) in [7, 11) is 0. The van der Waals surface area contributed by atoms with E-state index in [-0.39, 0.29) is 36.8 Å². The van der Waals surface area contributed by atoms with Gasteiger partial charge in [-0.05, 0) is 42.4 Å². The van der Waals surface area contributed by atoms with Gasteiger partial charge in [0.2, 0.25) is 17.7 Å². The highest BCUT2D eigenvalue weighted by Crippen LogP contribution is 2.13. The van der Waals surface area contributed by atoms with Crippen molar-refractivity contribution in [3.63, 3.8) is 0 Å². The SMILES string of the molecule is CC(C)CC(NC(=O)C(CCC(=O)O)NC(=O)C(N)C(C)C)C(=O)NC(Cc1ccc(O)cc1)C(=O)O. The molecule has 0 heterocycles. The molecule has 4 unspecified atom stereocenters. The molecule has 1 rings (SSSR count). The molecule has 0 bridgehead atoms. The molecule has 1 aromatic rings. The van der Waals surface area contributed by atoms with Crippen molar-refractivity contribution in [2.24, 2.45) is 17.6 Å². The lowest BCUT2D eigenvalue weighted by atomic mass is 10.00. The van der Waals surface area contributed by atoms with Crippen LogP contribution >= 0.6 is 0 Å². The van der Waals surface area contributed by atoms with Crippen molar-refractivity contribution in [2.75, 3.05) is 0 Å². The first-order chi connectivity index (χ1) is 17.2. The number of amides is 3. The number of carbonyl (C=O) groups is 5. The molecule has 0 fully saturated rings. The number of hydrogen-bond acceptors (Lipinski definition) is 7. The highest BCUT2D eigenvalue weighted by atomic mass is 16.4. The van der Waals surface area contributed by atoms with E-state index in [1.165, 1.54) is 24.3 Å². The van der Waals surface area contributed by atoms with E-state index in [0.717, 1.165) is 0 Å². The summed E-state index contributed by atoms with van der Waals surface area (Å²) in [5, 5.41) is 35.5. The second kappa shape index (κ2) is 14.8. The van der Waals surface area contributed by atoms with Crippen LogP contribution in [0, 0.1) is 11.8 Å². The lowest BCUT2D eigenvalue weighted by molar-refractivity contribution is -0.142. The molecular weight excluding hydrogens is 484 g/mol. The van der Waals surface area contributed by atoms with Crippen LogP contribution in [0.25, 0.3) is 0 Å². The van der Waals surface area contributed by atoms with Gasteiger partial charge in [0, 0.05) is 12.8 Å². The maximum absolute atomic E-state index is 13.1. The molecule has 8 N–H and O–H groups in total. The minimum absolute atomic E-state index is 0.0123. The van der Waals surface area contributed by atoms with E-state index in [0.29, 0.717) is 5.56 Å². The van der Waals surface area contributed by atoms with Gasteiger partial charge in [-0.3, -0.25) is 19.2 Å². The van der Waals surface area contributed by atoms with Gasteiger partial charge in [0.1, 0.15) is 23.9 Å². The Morgan fingerprint density at radius 3 is 1.81 bits per heavy atom. The average Bonchev–Trinajstić information content (AvgIpc) is 2.80.